The van der Waals surface area contributed by atoms with Gasteiger partial charge >= 0.3 is 5.97 Å². The molecule has 21 heavy (non-hydrogen) atoms. The Morgan fingerprint density at radius 3 is 2.10 bits per heavy atom. The lowest BCUT2D eigenvalue weighted by Gasteiger charge is -2.22. The molecule has 2 N–H and O–H groups in total. The lowest BCUT2D eigenvalue weighted by atomic mass is 9.87. The Balaban J connectivity index is 1.70. The van der Waals surface area contributed by atoms with Gasteiger partial charge in [-0.15, -0.1) is 0 Å². The van der Waals surface area contributed by atoms with Gasteiger partial charge in [-0.25, -0.2) is 0 Å². The summed E-state index contributed by atoms with van der Waals surface area (Å²) in [6.45, 7) is 2.02. The molecular weight excluding hydrogens is 266 g/mol. The third-order valence-corrected chi connectivity index (χ3v) is 5.11. The zero-order valence-corrected chi connectivity index (χ0v) is 12.3. The van der Waals surface area contributed by atoms with Gasteiger partial charge in [0.25, 0.3) is 0 Å². The number of anilines is 1. The maximum atomic E-state index is 12.3. The minimum atomic E-state index is -0.752. The van der Waals surface area contributed by atoms with Crippen LogP contribution in [0.15, 0.2) is 24.3 Å². The van der Waals surface area contributed by atoms with Crippen molar-refractivity contribution < 1.29 is 14.7 Å². The molecule has 1 aromatic rings. The van der Waals surface area contributed by atoms with E-state index in [0.29, 0.717) is 12.8 Å². The van der Waals surface area contributed by atoms with Crippen molar-refractivity contribution >= 4 is 17.6 Å². The molecule has 0 spiro atoms. The number of nitrogens with one attached hydrogen (secondary N) is 1. The summed E-state index contributed by atoms with van der Waals surface area (Å²) >= 11 is 0. The molecule has 3 rings (SSSR count). The SMILES string of the molecule is CC1(C(=O)Nc2ccc(C3(C(=O)O)CC3)cc2)CCCC1. The van der Waals surface area contributed by atoms with E-state index < -0.39 is 11.4 Å². The molecule has 4 nitrogen and oxygen atoms in total. The number of rotatable bonds is 4. The van der Waals surface area contributed by atoms with E-state index in [1.54, 1.807) is 0 Å². The van der Waals surface area contributed by atoms with Crippen molar-refractivity contribution in [2.45, 2.75) is 50.9 Å². The fraction of sp³-hybridized carbons (Fsp3) is 0.529. The summed E-state index contributed by atoms with van der Waals surface area (Å²) in [7, 11) is 0. The van der Waals surface area contributed by atoms with Gasteiger partial charge in [-0.2, -0.15) is 0 Å². The first-order valence-electron chi connectivity index (χ1n) is 7.62. The number of carbonyl (C=O) groups is 2. The lowest BCUT2D eigenvalue weighted by molar-refractivity contribution is -0.140. The molecule has 0 bridgehead atoms. The van der Waals surface area contributed by atoms with Gasteiger partial charge in [-0.1, -0.05) is 31.9 Å². The minimum absolute atomic E-state index is 0.0760. The molecule has 2 aliphatic carbocycles. The molecule has 2 saturated carbocycles. The van der Waals surface area contributed by atoms with Crippen molar-refractivity contribution in [2.24, 2.45) is 5.41 Å². The summed E-state index contributed by atoms with van der Waals surface area (Å²) in [5.41, 5.74) is 0.648. The van der Waals surface area contributed by atoms with Crippen LogP contribution in [-0.4, -0.2) is 17.0 Å². The predicted molar refractivity (Wildman–Crippen MR) is 80.2 cm³/mol. The molecule has 0 saturated heterocycles. The van der Waals surface area contributed by atoms with Crippen LogP contribution < -0.4 is 5.32 Å². The summed E-state index contributed by atoms with van der Waals surface area (Å²) in [5.74, 6) is -0.676. The van der Waals surface area contributed by atoms with Crippen molar-refractivity contribution in [3.05, 3.63) is 29.8 Å². The minimum Gasteiger partial charge on any atom is -0.481 e. The van der Waals surface area contributed by atoms with E-state index in [2.05, 4.69) is 5.32 Å². The first kappa shape index (κ1) is 14.1. The Labute approximate surface area is 124 Å². The van der Waals surface area contributed by atoms with Crippen LogP contribution in [0, 0.1) is 5.41 Å². The van der Waals surface area contributed by atoms with E-state index in [1.807, 2.05) is 31.2 Å². The van der Waals surface area contributed by atoms with E-state index in [4.69, 9.17) is 0 Å². The van der Waals surface area contributed by atoms with Crippen molar-refractivity contribution in [3.8, 4) is 0 Å². The highest BCUT2D eigenvalue weighted by atomic mass is 16.4. The fourth-order valence-electron chi connectivity index (χ4n) is 3.29. The highest BCUT2D eigenvalue weighted by molar-refractivity contribution is 5.95. The molecular formula is C17H21NO3. The topological polar surface area (TPSA) is 66.4 Å². The van der Waals surface area contributed by atoms with Crippen molar-refractivity contribution in [2.75, 3.05) is 5.32 Å². The number of hydrogen-bond acceptors (Lipinski definition) is 2. The average Bonchev–Trinajstić information content (AvgIpc) is 3.16. The first-order valence-corrected chi connectivity index (χ1v) is 7.62. The molecule has 112 valence electrons. The van der Waals surface area contributed by atoms with Gasteiger partial charge in [0.1, 0.15) is 0 Å². The third kappa shape index (κ3) is 2.43. The maximum absolute atomic E-state index is 12.3. The van der Waals surface area contributed by atoms with Crippen molar-refractivity contribution in [3.63, 3.8) is 0 Å². The van der Waals surface area contributed by atoms with Gasteiger partial charge in [-0.05, 0) is 43.4 Å². The van der Waals surface area contributed by atoms with E-state index in [-0.39, 0.29) is 11.3 Å². The molecule has 0 unspecified atom stereocenters. The molecule has 0 atom stereocenters. The van der Waals surface area contributed by atoms with Crippen LogP contribution >= 0.6 is 0 Å². The summed E-state index contributed by atoms with van der Waals surface area (Å²) in [6, 6.07) is 7.28. The second kappa shape index (κ2) is 4.86. The summed E-state index contributed by atoms with van der Waals surface area (Å²) in [5, 5.41) is 12.2. The highest BCUT2D eigenvalue weighted by Crippen LogP contribution is 2.48. The predicted octanol–water partition coefficient (Wildman–Crippen LogP) is 3.32. The van der Waals surface area contributed by atoms with Gasteiger partial charge < -0.3 is 10.4 Å². The Morgan fingerprint density at radius 2 is 1.62 bits per heavy atom. The molecule has 0 aliphatic heterocycles. The maximum Gasteiger partial charge on any atom is 0.314 e. The molecule has 2 fully saturated rings. The molecule has 0 radical (unpaired) electrons. The second-order valence-corrected chi connectivity index (χ2v) is 6.69. The normalized spacial score (nSPS) is 21.8. The van der Waals surface area contributed by atoms with E-state index in [0.717, 1.165) is 36.9 Å². The number of carbonyl (C=O) groups excluding carboxylic acids is 1. The van der Waals surface area contributed by atoms with Gasteiger partial charge in [0.15, 0.2) is 0 Å². The summed E-state index contributed by atoms with van der Waals surface area (Å²) in [6.07, 6.45) is 5.52. The van der Waals surface area contributed by atoms with E-state index in [1.165, 1.54) is 0 Å². The van der Waals surface area contributed by atoms with E-state index in [9.17, 15) is 14.7 Å². The Morgan fingerprint density at radius 1 is 1.05 bits per heavy atom. The number of hydrogen-bond donors (Lipinski definition) is 2. The number of carboxylic acid groups (broad SMARTS) is 1. The summed E-state index contributed by atoms with van der Waals surface area (Å²) in [4.78, 5) is 23.6. The van der Waals surface area contributed by atoms with Crippen LogP contribution in [0.4, 0.5) is 5.69 Å². The number of amides is 1. The van der Waals surface area contributed by atoms with Crippen LogP contribution in [0.2, 0.25) is 0 Å². The van der Waals surface area contributed by atoms with Crippen LogP contribution in [0.3, 0.4) is 0 Å². The zero-order valence-electron chi connectivity index (χ0n) is 12.3. The van der Waals surface area contributed by atoms with Gasteiger partial charge in [0.05, 0.1) is 5.41 Å². The highest BCUT2D eigenvalue weighted by Gasteiger charge is 2.51. The summed E-state index contributed by atoms with van der Waals surface area (Å²) < 4.78 is 0. The van der Waals surface area contributed by atoms with E-state index >= 15 is 0 Å². The number of carboxylic acids is 1. The largest absolute Gasteiger partial charge is 0.481 e. The molecule has 0 heterocycles. The standard InChI is InChI=1S/C17H21NO3/c1-16(8-2-3-9-16)14(19)18-13-6-4-12(5-7-13)17(10-11-17)15(20)21/h4-7H,2-3,8-11H2,1H3,(H,18,19)(H,20,21). The molecule has 4 heteroatoms. The van der Waals surface area contributed by atoms with Crippen LogP contribution in [0.5, 0.6) is 0 Å². The number of aliphatic carboxylic acids is 1. The Kier molecular flexibility index (Phi) is 3.27. The lowest BCUT2D eigenvalue weighted by Crippen LogP contribution is -2.30. The monoisotopic (exact) mass is 287 g/mol. The fourth-order valence-corrected chi connectivity index (χ4v) is 3.29. The Bertz CT molecular complexity index is 566. The third-order valence-electron chi connectivity index (χ3n) is 5.11. The second-order valence-electron chi connectivity index (χ2n) is 6.69. The Hall–Kier alpha value is -1.84. The van der Waals surface area contributed by atoms with Crippen molar-refractivity contribution in [1.82, 2.24) is 0 Å². The van der Waals surface area contributed by atoms with Crippen LogP contribution in [0.25, 0.3) is 0 Å². The average molecular weight is 287 g/mol. The van der Waals surface area contributed by atoms with Crippen molar-refractivity contribution in [1.29, 1.82) is 0 Å². The first-order chi connectivity index (χ1) is 9.96. The van der Waals surface area contributed by atoms with Crippen LogP contribution in [0.1, 0.15) is 51.0 Å². The number of benzene rings is 1. The van der Waals surface area contributed by atoms with Crippen LogP contribution in [-0.2, 0) is 15.0 Å². The molecule has 2 aliphatic rings. The molecule has 1 aromatic carbocycles. The zero-order chi connectivity index (χ0) is 15.1. The quantitative estimate of drug-likeness (QED) is 0.892. The molecule has 1 amide bonds. The van der Waals surface area contributed by atoms with Gasteiger partial charge in [0, 0.05) is 11.1 Å². The smallest absolute Gasteiger partial charge is 0.314 e. The van der Waals surface area contributed by atoms with Gasteiger partial charge in [-0.3, -0.25) is 9.59 Å². The van der Waals surface area contributed by atoms with Gasteiger partial charge in [0.2, 0.25) is 5.91 Å². The molecule has 0 aromatic heterocycles.